The second kappa shape index (κ2) is 8.67. The molecule has 1 fully saturated rings. The summed E-state index contributed by atoms with van der Waals surface area (Å²) in [5, 5.41) is 1.31. The molecule has 0 bridgehead atoms. The highest BCUT2D eigenvalue weighted by molar-refractivity contribution is 5.92. The molecule has 172 valence electrons. The van der Waals surface area contributed by atoms with Crippen LogP contribution in [0.1, 0.15) is 49.7 Å². The van der Waals surface area contributed by atoms with Crippen LogP contribution in [-0.2, 0) is 4.79 Å². The van der Waals surface area contributed by atoms with E-state index < -0.39 is 0 Å². The first-order valence-electron chi connectivity index (χ1n) is 11.9. The van der Waals surface area contributed by atoms with E-state index in [-0.39, 0.29) is 5.91 Å². The lowest BCUT2D eigenvalue weighted by molar-refractivity contribution is -0.132. The number of aromatic nitrogens is 3. The van der Waals surface area contributed by atoms with Crippen LogP contribution >= 0.6 is 0 Å². The smallest absolute Gasteiger partial charge is 0.236 e. The fraction of sp³-hybridized carbons (Fsp3) is 0.407. The summed E-state index contributed by atoms with van der Waals surface area (Å²) in [5.74, 6) is 1.13. The van der Waals surface area contributed by atoms with Crippen molar-refractivity contribution in [2.75, 3.05) is 33.7 Å². The van der Waals surface area contributed by atoms with E-state index in [1.807, 2.05) is 36.3 Å². The first-order chi connectivity index (χ1) is 15.9. The molecule has 0 saturated carbocycles. The van der Waals surface area contributed by atoms with E-state index >= 15 is 0 Å². The molecular formula is C27H33N5O. The molecule has 1 aliphatic heterocycles. The van der Waals surface area contributed by atoms with Crippen LogP contribution in [0.15, 0.2) is 48.9 Å². The largest absolute Gasteiger partial charge is 0.354 e. The molecule has 0 radical (unpaired) electrons. The molecule has 4 heterocycles. The Bertz CT molecular complexity index is 1290. The Morgan fingerprint density at radius 1 is 1.18 bits per heavy atom. The van der Waals surface area contributed by atoms with Gasteiger partial charge < -0.3 is 19.2 Å². The Kier molecular flexibility index (Phi) is 5.71. The summed E-state index contributed by atoms with van der Waals surface area (Å²) in [6, 6.07) is 11.1. The number of fused-ring (bicyclic) bond motifs is 2. The molecular weight excluding hydrogens is 410 g/mol. The topological polar surface area (TPSA) is 56.6 Å². The van der Waals surface area contributed by atoms with E-state index in [2.05, 4.69) is 64.7 Å². The number of piperidine rings is 1. The maximum Gasteiger partial charge on any atom is 0.236 e. The third-order valence-corrected chi connectivity index (χ3v) is 6.89. The van der Waals surface area contributed by atoms with Crippen LogP contribution in [0.3, 0.4) is 0 Å². The Hall–Kier alpha value is -3.12. The molecule has 33 heavy (non-hydrogen) atoms. The summed E-state index contributed by atoms with van der Waals surface area (Å²) in [6.07, 6.45) is 8.02. The number of nitrogens with one attached hydrogen (secondary N) is 1. The number of likely N-dealkylation sites (tertiary alicyclic amines) is 1. The standard InChI is InChI=1S/C27H33N5O/c1-18(2)26-22-15-20(19-9-12-31(13-10-19)25(33)17-30(3)4)5-7-23(22)29-27(26)21-6-8-24-28-11-14-32(24)16-21/h5-8,11,14-16,18-19,29H,9-10,12-13,17H2,1-4H3. The van der Waals surface area contributed by atoms with Gasteiger partial charge >= 0.3 is 0 Å². The van der Waals surface area contributed by atoms with Crippen molar-refractivity contribution in [2.24, 2.45) is 0 Å². The molecule has 1 saturated heterocycles. The van der Waals surface area contributed by atoms with Gasteiger partial charge in [-0.3, -0.25) is 4.79 Å². The molecule has 4 aromatic rings. The molecule has 0 atom stereocenters. The van der Waals surface area contributed by atoms with Gasteiger partial charge in [-0.1, -0.05) is 19.9 Å². The molecule has 6 nitrogen and oxygen atoms in total. The van der Waals surface area contributed by atoms with E-state index in [1.54, 1.807) is 0 Å². The van der Waals surface area contributed by atoms with Gasteiger partial charge in [0, 0.05) is 48.1 Å². The SMILES string of the molecule is CC(C)c1c(-c2ccc3nccn3c2)[nH]c2ccc(C3CCN(C(=O)CN(C)C)CC3)cc12. The minimum absolute atomic E-state index is 0.237. The van der Waals surface area contributed by atoms with Crippen LogP contribution in [-0.4, -0.2) is 63.8 Å². The Morgan fingerprint density at radius 3 is 2.70 bits per heavy atom. The first kappa shape index (κ1) is 21.7. The van der Waals surface area contributed by atoms with Gasteiger partial charge in [-0.25, -0.2) is 4.98 Å². The number of aromatic amines is 1. The minimum Gasteiger partial charge on any atom is -0.354 e. The van der Waals surface area contributed by atoms with E-state index in [0.29, 0.717) is 18.4 Å². The fourth-order valence-corrected chi connectivity index (χ4v) is 5.21. The predicted molar refractivity (Wildman–Crippen MR) is 134 cm³/mol. The Balaban J connectivity index is 1.44. The maximum atomic E-state index is 12.4. The number of H-pyrrole nitrogens is 1. The van der Waals surface area contributed by atoms with E-state index in [1.165, 1.54) is 33.3 Å². The van der Waals surface area contributed by atoms with Crippen molar-refractivity contribution < 1.29 is 4.79 Å². The number of imidazole rings is 1. The van der Waals surface area contributed by atoms with Gasteiger partial charge in [-0.05, 0) is 74.2 Å². The van der Waals surface area contributed by atoms with Crippen molar-refractivity contribution in [3.05, 3.63) is 60.0 Å². The number of amides is 1. The molecule has 1 N–H and O–H groups in total. The van der Waals surface area contributed by atoms with Gasteiger partial charge in [0.25, 0.3) is 0 Å². The quantitative estimate of drug-likeness (QED) is 0.479. The van der Waals surface area contributed by atoms with Crippen molar-refractivity contribution in [3.8, 4) is 11.3 Å². The molecule has 0 spiro atoms. The summed E-state index contributed by atoms with van der Waals surface area (Å²) >= 11 is 0. The lowest BCUT2D eigenvalue weighted by Gasteiger charge is -2.33. The zero-order valence-electron chi connectivity index (χ0n) is 20.0. The number of pyridine rings is 1. The van der Waals surface area contributed by atoms with Crippen LogP contribution in [0.4, 0.5) is 0 Å². The summed E-state index contributed by atoms with van der Waals surface area (Å²) in [6.45, 7) is 6.71. The van der Waals surface area contributed by atoms with Crippen LogP contribution in [0.2, 0.25) is 0 Å². The highest BCUT2D eigenvalue weighted by Gasteiger charge is 2.25. The molecule has 0 aliphatic carbocycles. The number of benzene rings is 1. The normalized spacial score (nSPS) is 15.4. The number of nitrogens with zero attached hydrogens (tertiary/aromatic N) is 4. The van der Waals surface area contributed by atoms with E-state index in [0.717, 1.165) is 31.6 Å². The zero-order valence-corrected chi connectivity index (χ0v) is 20.0. The van der Waals surface area contributed by atoms with Crippen molar-refractivity contribution in [2.45, 2.75) is 38.5 Å². The first-order valence-corrected chi connectivity index (χ1v) is 11.9. The maximum absolute atomic E-state index is 12.4. The number of likely N-dealkylation sites (N-methyl/N-ethyl adjacent to an activating group) is 1. The van der Waals surface area contributed by atoms with Gasteiger partial charge in [-0.15, -0.1) is 0 Å². The molecule has 1 amide bonds. The highest BCUT2D eigenvalue weighted by Crippen LogP contribution is 2.38. The Labute approximate surface area is 195 Å². The number of hydrogen-bond acceptors (Lipinski definition) is 3. The molecule has 5 rings (SSSR count). The molecule has 6 heteroatoms. The van der Waals surface area contributed by atoms with E-state index in [9.17, 15) is 4.79 Å². The summed E-state index contributed by atoms with van der Waals surface area (Å²) < 4.78 is 2.07. The van der Waals surface area contributed by atoms with Gasteiger partial charge in [0.05, 0.1) is 12.2 Å². The number of rotatable bonds is 5. The van der Waals surface area contributed by atoms with Gasteiger partial charge in [0.2, 0.25) is 5.91 Å². The number of carbonyl (C=O) groups excluding carboxylic acids is 1. The van der Waals surface area contributed by atoms with Crippen LogP contribution < -0.4 is 0 Å². The third kappa shape index (κ3) is 4.15. The lowest BCUT2D eigenvalue weighted by atomic mass is 9.87. The Morgan fingerprint density at radius 2 is 1.97 bits per heavy atom. The third-order valence-electron chi connectivity index (χ3n) is 6.89. The van der Waals surface area contributed by atoms with Crippen LogP contribution in [0.25, 0.3) is 27.8 Å². The second-order valence-electron chi connectivity index (χ2n) is 9.88. The van der Waals surface area contributed by atoms with Gasteiger partial charge in [0.15, 0.2) is 0 Å². The lowest BCUT2D eigenvalue weighted by Crippen LogP contribution is -2.42. The van der Waals surface area contributed by atoms with Crippen LogP contribution in [0, 0.1) is 0 Å². The zero-order chi connectivity index (χ0) is 23.1. The average Bonchev–Trinajstić information content (AvgIpc) is 3.42. The minimum atomic E-state index is 0.237. The monoisotopic (exact) mass is 443 g/mol. The van der Waals surface area contributed by atoms with Crippen molar-refractivity contribution >= 4 is 22.5 Å². The molecule has 1 aromatic carbocycles. The van der Waals surface area contributed by atoms with Crippen LogP contribution in [0.5, 0.6) is 0 Å². The summed E-state index contributed by atoms with van der Waals surface area (Å²) in [5.41, 5.74) is 7.26. The number of carbonyl (C=O) groups is 1. The van der Waals surface area contributed by atoms with Gasteiger partial charge in [0.1, 0.15) is 5.65 Å². The molecule has 0 unspecified atom stereocenters. The summed E-state index contributed by atoms with van der Waals surface area (Å²) in [7, 11) is 3.90. The molecule has 1 aliphatic rings. The second-order valence-corrected chi connectivity index (χ2v) is 9.88. The van der Waals surface area contributed by atoms with Crippen molar-refractivity contribution in [3.63, 3.8) is 0 Å². The summed E-state index contributed by atoms with van der Waals surface area (Å²) in [4.78, 5) is 24.5. The van der Waals surface area contributed by atoms with Crippen molar-refractivity contribution in [1.82, 2.24) is 24.2 Å². The average molecular weight is 444 g/mol. The molecule has 3 aromatic heterocycles. The fourth-order valence-electron chi connectivity index (χ4n) is 5.21. The predicted octanol–water partition coefficient (Wildman–Crippen LogP) is 4.87. The number of hydrogen-bond donors (Lipinski definition) is 1. The highest BCUT2D eigenvalue weighted by atomic mass is 16.2. The van der Waals surface area contributed by atoms with E-state index in [4.69, 9.17) is 0 Å². The van der Waals surface area contributed by atoms with Gasteiger partial charge in [-0.2, -0.15) is 0 Å². The van der Waals surface area contributed by atoms with Crippen molar-refractivity contribution in [1.29, 1.82) is 0 Å².